The van der Waals surface area contributed by atoms with E-state index < -0.39 is 0 Å². The van der Waals surface area contributed by atoms with E-state index in [0.717, 1.165) is 19.6 Å². The molecular weight excluding hydrogens is 381 g/mol. The van der Waals surface area contributed by atoms with Gasteiger partial charge in [0.1, 0.15) is 0 Å². The summed E-state index contributed by atoms with van der Waals surface area (Å²) in [4.78, 5) is 2.61. The molecule has 3 aromatic rings. The molecule has 0 saturated carbocycles. The Kier molecular flexibility index (Phi) is 9.06. The van der Waals surface area contributed by atoms with Crippen molar-refractivity contribution in [2.24, 2.45) is 0 Å². The van der Waals surface area contributed by atoms with Crippen LogP contribution < -0.4 is 5.32 Å². The number of halogens is 2. The highest BCUT2D eigenvalue weighted by Crippen LogP contribution is 2.28. The predicted octanol–water partition coefficient (Wildman–Crippen LogP) is 3.89. The maximum atomic E-state index is 3.61. The summed E-state index contributed by atoms with van der Waals surface area (Å²) in [5, 5.41) is 6.36. The standard InChI is InChI=1S/C21H27N3.2ClH.H2O/c1-16-14-23(15-17(2)22-16)12-7-13-24-20-10-5-3-8-18(20)19-9-4-6-11-21(19)24;;;/h3-6,8-11,16-17,22H,7,12-15H2,1-2H3;2*1H;1H2/t16-,17+;;;. The van der Waals surface area contributed by atoms with Gasteiger partial charge in [0.15, 0.2) is 0 Å². The molecule has 4 nitrogen and oxygen atoms in total. The molecule has 3 N–H and O–H groups in total. The first kappa shape index (κ1) is 23.7. The highest BCUT2D eigenvalue weighted by Gasteiger charge is 2.20. The van der Waals surface area contributed by atoms with Crippen LogP contribution in [0.15, 0.2) is 48.5 Å². The molecule has 6 heteroatoms. The van der Waals surface area contributed by atoms with Crippen LogP contribution in [0.5, 0.6) is 0 Å². The van der Waals surface area contributed by atoms with Gasteiger partial charge in [0, 0.05) is 53.5 Å². The molecular formula is C21H31Cl2N3O. The molecule has 1 fully saturated rings. The first-order valence-electron chi connectivity index (χ1n) is 9.17. The number of aromatic nitrogens is 1. The molecule has 4 rings (SSSR count). The number of piperazine rings is 1. The summed E-state index contributed by atoms with van der Waals surface area (Å²) in [5.74, 6) is 0. The fourth-order valence-electron chi connectivity index (χ4n) is 4.32. The largest absolute Gasteiger partial charge is 0.412 e. The van der Waals surface area contributed by atoms with Crippen LogP contribution in [0.2, 0.25) is 0 Å². The van der Waals surface area contributed by atoms with E-state index in [9.17, 15) is 0 Å². The topological polar surface area (TPSA) is 51.7 Å². The lowest BCUT2D eigenvalue weighted by molar-refractivity contribution is 0.170. The summed E-state index contributed by atoms with van der Waals surface area (Å²) < 4.78 is 2.50. The van der Waals surface area contributed by atoms with E-state index in [0.29, 0.717) is 12.1 Å². The second-order valence-electron chi connectivity index (χ2n) is 7.27. The van der Waals surface area contributed by atoms with E-state index in [1.807, 2.05) is 0 Å². The molecule has 1 aliphatic rings. The van der Waals surface area contributed by atoms with Gasteiger partial charge in [-0.25, -0.2) is 0 Å². The molecule has 0 unspecified atom stereocenters. The average molecular weight is 412 g/mol. The molecule has 0 aliphatic carbocycles. The quantitative estimate of drug-likeness (QED) is 0.707. The fraction of sp³-hybridized carbons (Fsp3) is 0.429. The number of para-hydroxylation sites is 2. The van der Waals surface area contributed by atoms with E-state index in [1.54, 1.807) is 0 Å². The van der Waals surface area contributed by atoms with Crippen molar-refractivity contribution in [2.45, 2.75) is 38.9 Å². The van der Waals surface area contributed by atoms with Crippen LogP contribution in [-0.4, -0.2) is 46.7 Å². The zero-order chi connectivity index (χ0) is 16.5. The van der Waals surface area contributed by atoms with Crippen LogP contribution in [0, 0.1) is 0 Å². The third-order valence-corrected chi connectivity index (χ3v) is 5.17. The van der Waals surface area contributed by atoms with E-state index in [2.05, 4.69) is 77.2 Å². The lowest BCUT2D eigenvalue weighted by Gasteiger charge is -2.36. The highest BCUT2D eigenvalue weighted by molar-refractivity contribution is 6.07. The molecule has 2 heterocycles. The molecule has 27 heavy (non-hydrogen) atoms. The fourth-order valence-corrected chi connectivity index (χ4v) is 4.32. The van der Waals surface area contributed by atoms with Crippen LogP contribution in [0.25, 0.3) is 21.8 Å². The van der Waals surface area contributed by atoms with Crippen molar-refractivity contribution in [2.75, 3.05) is 19.6 Å². The van der Waals surface area contributed by atoms with Gasteiger partial charge in [-0.15, -0.1) is 24.8 Å². The molecule has 1 saturated heterocycles. The van der Waals surface area contributed by atoms with Gasteiger partial charge in [0.2, 0.25) is 0 Å². The van der Waals surface area contributed by atoms with Gasteiger partial charge < -0.3 is 20.3 Å². The molecule has 0 spiro atoms. The summed E-state index contributed by atoms with van der Waals surface area (Å²) in [6, 6.07) is 18.8. The maximum absolute atomic E-state index is 3.61. The number of hydrogen-bond donors (Lipinski definition) is 1. The molecule has 1 aromatic heterocycles. The van der Waals surface area contributed by atoms with Crippen molar-refractivity contribution in [3.8, 4) is 0 Å². The van der Waals surface area contributed by atoms with Crippen molar-refractivity contribution in [3.63, 3.8) is 0 Å². The average Bonchev–Trinajstić information content (AvgIpc) is 2.89. The number of nitrogens with one attached hydrogen (secondary N) is 1. The van der Waals surface area contributed by atoms with Crippen LogP contribution in [0.4, 0.5) is 0 Å². The second kappa shape index (κ2) is 10.3. The molecule has 150 valence electrons. The Morgan fingerprint density at radius 2 is 1.30 bits per heavy atom. The SMILES string of the molecule is C[C@@H]1CN(CCCn2c3ccccc3c3ccccc32)C[C@H](C)N1.Cl.Cl.O. The summed E-state index contributed by atoms with van der Waals surface area (Å²) in [6.07, 6.45) is 1.20. The number of hydrogen-bond acceptors (Lipinski definition) is 2. The lowest BCUT2D eigenvalue weighted by Crippen LogP contribution is -2.54. The van der Waals surface area contributed by atoms with Crippen LogP contribution in [-0.2, 0) is 6.54 Å². The first-order chi connectivity index (χ1) is 11.7. The minimum atomic E-state index is 0. The number of aryl methyl sites for hydroxylation is 1. The summed E-state index contributed by atoms with van der Waals surface area (Å²) >= 11 is 0. The maximum Gasteiger partial charge on any atom is 0.0491 e. The normalized spacial score (nSPS) is 19.9. The van der Waals surface area contributed by atoms with Crippen molar-refractivity contribution >= 4 is 46.6 Å². The summed E-state index contributed by atoms with van der Waals surface area (Å²) in [7, 11) is 0. The van der Waals surface area contributed by atoms with Gasteiger partial charge in [-0.05, 0) is 38.9 Å². The minimum Gasteiger partial charge on any atom is -0.412 e. The molecule has 0 bridgehead atoms. The second-order valence-corrected chi connectivity index (χ2v) is 7.27. The third-order valence-electron chi connectivity index (χ3n) is 5.17. The summed E-state index contributed by atoms with van der Waals surface area (Å²) in [6.45, 7) is 9.16. The van der Waals surface area contributed by atoms with E-state index in [-0.39, 0.29) is 30.3 Å². The van der Waals surface area contributed by atoms with Crippen molar-refractivity contribution in [1.29, 1.82) is 0 Å². The van der Waals surface area contributed by atoms with Crippen LogP contribution >= 0.6 is 24.8 Å². The Bertz CT molecular complexity index is 788. The Morgan fingerprint density at radius 3 is 1.81 bits per heavy atom. The molecule has 1 aliphatic heterocycles. The van der Waals surface area contributed by atoms with Gasteiger partial charge in [-0.3, -0.25) is 0 Å². The van der Waals surface area contributed by atoms with E-state index >= 15 is 0 Å². The van der Waals surface area contributed by atoms with Crippen molar-refractivity contribution in [3.05, 3.63) is 48.5 Å². The zero-order valence-electron chi connectivity index (χ0n) is 16.0. The van der Waals surface area contributed by atoms with Crippen LogP contribution in [0.1, 0.15) is 20.3 Å². The Hall–Kier alpha value is -1.30. The monoisotopic (exact) mass is 411 g/mol. The lowest BCUT2D eigenvalue weighted by atomic mass is 10.1. The zero-order valence-corrected chi connectivity index (χ0v) is 17.7. The van der Waals surface area contributed by atoms with Crippen molar-refractivity contribution in [1.82, 2.24) is 14.8 Å². The van der Waals surface area contributed by atoms with Gasteiger partial charge in [0.05, 0.1) is 0 Å². The molecule has 0 amide bonds. The number of nitrogens with zero attached hydrogens (tertiary/aromatic N) is 2. The van der Waals surface area contributed by atoms with Gasteiger partial charge in [0.25, 0.3) is 0 Å². The van der Waals surface area contributed by atoms with E-state index in [4.69, 9.17) is 0 Å². The van der Waals surface area contributed by atoms with Crippen LogP contribution in [0.3, 0.4) is 0 Å². The van der Waals surface area contributed by atoms with E-state index in [1.165, 1.54) is 34.8 Å². The molecule has 2 atom stereocenters. The predicted molar refractivity (Wildman–Crippen MR) is 121 cm³/mol. The molecule has 0 radical (unpaired) electrons. The van der Waals surface area contributed by atoms with Crippen molar-refractivity contribution < 1.29 is 5.48 Å². The number of rotatable bonds is 4. The summed E-state index contributed by atoms with van der Waals surface area (Å²) in [5.41, 5.74) is 2.72. The van der Waals surface area contributed by atoms with Gasteiger partial charge in [-0.2, -0.15) is 0 Å². The first-order valence-corrected chi connectivity index (χ1v) is 9.17. The minimum absolute atomic E-state index is 0. The number of benzene rings is 2. The Morgan fingerprint density at radius 1 is 0.815 bits per heavy atom. The Balaban J connectivity index is 0.00000121. The van der Waals surface area contributed by atoms with Gasteiger partial charge >= 0.3 is 0 Å². The highest BCUT2D eigenvalue weighted by atomic mass is 35.5. The Labute approximate surface area is 174 Å². The number of fused-ring (bicyclic) bond motifs is 3. The van der Waals surface area contributed by atoms with Gasteiger partial charge in [-0.1, -0.05) is 36.4 Å². The smallest absolute Gasteiger partial charge is 0.0491 e. The third kappa shape index (κ3) is 4.95. The molecule has 2 aromatic carbocycles.